The second-order valence-electron chi connectivity index (χ2n) is 6.11. The third-order valence-electron chi connectivity index (χ3n) is 2.67. The third-order valence-corrected chi connectivity index (χ3v) is 2.67. The molecule has 2 heteroatoms. The minimum atomic E-state index is -0.161. The van der Waals surface area contributed by atoms with Gasteiger partial charge in [-0.3, -0.25) is 0 Å². The summed E-state index contributed by atoms with van der Waals surface area (Å²) in [7, 11) is 2.09. The number of likely N-dealkylation sites (N-methyl/N-ethyl adjacent to an activating group) is 1. The molecule has 2 nitrogen and oxygen atoms in total. The van der Waals surface area contributed by atoms with E-state index in [-0.39, 0.29) is 5.54 Å². The van der Waals surface area contributed by atoms with Crippen LogP contribution < -0.4 is 10.6 Å². The molecule has 96 valence electrons. The molecular formula is C15H26N2. The molecule has 0 aromatic heterocycles. The Kier molecular flexibility index (Phi) is 4.58. The fraction of sp³-hybridized carbons (Fsp3) is 0.600. The van der Waals surface area contributed by atoms with Crippen LogP contribution in [0.3, 0.4) is 0 Å². The molecule has 0 unspecified atom stereocenters. The van der Waals surface area contributed by atoms with Crippen LogP contribution in [0.1, 0.15) is 33.3 Å². The topological polar surface area (TPSA) is 29.3 Å². The van der Waals surface area contributed by atoms with Gasteiger partial charge in [0.05, 0.1) is 0 Å². The van der Waals surface area contributed by atoms with Crippen molar-refractivity contribution < 1.29 is 0 Å². The van der Waals surface area contributed by atoms with E-state index in [9.17, 15) is 0 Å². The monoisotopic (exact) mass is 234 g/mol. The number of nitrogens with two attached hydrogens (primary N) is 1. The Hall–Kier alpha value is -1.02. The molecule has 0 radical (unpaired) electrons. The predicted octanol–water partition coefficient (Wildman–Crippen LogP) is 3.06. The van der Waals surface area contributed by atoms with Crippen LogP contribution in [-0.4, -0.2) is 19.1 Å². The number of hydrogen-bond acceptors (Lipinski definition) is 2. The predicted molar refractivity (Wildman–Crippen MR) is 76.5 cm³/mol. The first-order chi connectivity index (χ1) is 7.78. The van der Waals surface area contributed by atoms with E-state index in [0.717, 1.165) is 13.0 Å². The number of benzene rings is 1. The molecule has 0 fully saturated rings. The van der Waals surface area contributed by atoms with E-state index in [2.05, 4.69) is 63.9 Å². The quantitative estimate of drug-likeness (QED) is 0.848. The molecule has 1 rings (SSSR count). The molecule has 0 aliphatic rings. The fourth-order valence-corrected chi connectivity index (χ4v) is 2.06. The Morgan fingerprint density at radius 1 is 1.18 bits per heavy atom. The lowest BCUT2D eigenvalue weighted by molar-refractivity contribution is 0.519. The van der Waals surface area contributed by atoms with Crippen molar-refractivity contribution in [2.45, 2.75) is 39.7 Å². The smallest absolute Gasteiger partial charge is 0.0364 e. The molecule has 0 saturated carbocycles. The van der Waals surface area contributed by atoms with E-state index in [1.807, 2.05) is 0 Å². The maximum absolute atomic E-state index is 6.03. The molecule has 0 aliphatic heterocycles. The maximum Gasteiger partial charge on any atom is 0.0364 e. The van der Waals surface area contributed by atoms with Gasteiger partial charge in [0, 0.05) is 24.8 Å². The van der Waals surface area contributed by atoms with Crippen molar-refractivity contribution in [3.05, 3.63) is 29.8 Å². The molecule has 0 spiro atoms. The molecule has 17 heavy (non-hydrogen) atoms. The molecule has 0 amide bonds. The van der Waals surface area contributed by atoms with E-state index in [1.165, 1.54) is 11.3 Å². The molecular weight excluding hydrogens is 208 g/mol. The zero-order valence-corrected chi connectivity index (χ0v) is 11.8. The van der Waals surface area contributed by atoms with Gasteiger partial charge in [-0.15, -0.1) is 0 Å². The first-order valence-electron chi connectivity index (χ1n) is 6.37. The van der Waals surface area contributed by atoms with Crippen molar-refractivity contribution in [3.63, 3.8) is 0 Å². The van der Waals surface area contributed by atoms with Crippen LogP contribution in [0.4, 0.5) is 5.69 Å². The van der Waals surface area contributed by atoms with Crippen molar-refractivity contribution in [2.24, 2.45) is 11.7 Å². The summed E-state index contributed by atoms with van der Waals surface area (Å²) in [4.78, 5) is 2.21. The van der Waals surface area contributed by atoms with Gasteiger partial charge in [-0.25, -0.2) is 0 Å². The lowest BCUT2D eigenvalue weighted by Crippen LogP contribution is -2.44. The number of nitrogens with zero attached hydrogens (tertiary/aromatic N) is 1. The Morgan fingerprint density at radius 2 is 1.71 bits per heavy atom. The van der Waals surface area contributed by atoms with Gasteiger partial charge in [0.1, 0.15) is 0 Å². The standard InChI is InChI=1S/C15H26N2/c1-12(2)10-13-6-8-14(9-7-13)17(5)11-15(3,4)16/h6-9,12H,10-11,16H2,1-5H3. The van der Waals surface area contributed by atoms with Gasteiger partial charge in [0.15, 0.2) is 0 Å². The van der Waals surface area contributed by atoms with E-state index in [4.69, 9.17) is 5.73 Å². The van der Waals surface area contributed by atoms with Crippen LogP contribution in [0.25, 0.3) is 0 Å². The largest absolute Gasteiger partial charge is 0.373 e. The van der Waals surface area contributed by atoms with Crippen molar-refractivity contribution in [1.29, 1.82) is 0 Å². The summed E-state index contributed by atoms with van der Waals surface area (Å²) in [5, 5.41) is 0. The summed E-state index contributed by atoms with van der Waals surface area (Å²) >= 11 is 0. The number of rotatable bonds is 5. The lowest BCUT2D eigenvalue weighted by Gasteiger charge is -2.28. The van der Waals surface area contributed by atoms with E-state index >= 15 is 0 Å². The highest BCUT2D eigenvalue weighted by atomic mass is 15.1. The number of anilines is 1. The first-order valence-corrected chi connectivity index (χ1v) is 6.37. The maximum atomic E-state index is 6.03. The molecule has 0 heterocycles. The summed E-state index contributed by atoms with van der Waals surface area (Å²) in [6.07, 6.45) is 1.15. The van der Waals surface area contributed by atoms with Crippen molar-refractivity contribution in [2.75, 3.05) is 18.5 Å². The molecule has 1 aromatic carbocycles. The minimum Gasteiger partial charge on any atom is -0.373 e. The van der Waals surface area contributed by atoms with Crippen LogP contribution in [0.15, 0.2) is 24.3 Å². The number of hydrogen-bond donors (Lipinski definition) is 1. The summed E-state index contributed by atoms with van der Waals surface area (Å²) in [6.45, 7) is 9.46. The van der Waals surface area contributed by atoms with Gasteiger partial charge in [-0.05, 0) is 43.9 Å². The summed E-state index contributed by atoms with van der Waals surface area (Å²) in [5.41, 5.74) is 8.51. The normalized spacial score (nSPS) is 11.9. The zero-order valence-electron chi connectivity index (χ0n) is 11.8. The second-order valence-corrected chi connectivity index (χ2v) is 6.11. The zero-order chi connectivity index (χ0) is 13.1. The first kappa shape index (κ1) is 14.0. The van der Waals surface area contributed by atoms with E-state index in [1.54, 1.807) is 0 Å². The minimum absolute atomic E-state index is 0.161. The van der Waals surface area contributed by atoms with E-state index in [0.29, 0.717) is 5.92 Å². The second kappa shape index (κ2) is 5.54. The van der Waals surface area contributed by atoms with Crippen LogP contribution >= 0.6 is 0 Å². The van der Waals surface area contributed by atoms with Crippen molar-refractivity contribution >= 4 is 5.69 Å². The lowest BCUT2D eigenvalue weighted by atomic mass is 10.0. The highest BCUT2D eigenvalue weighted by Crippen LogP contribution is 2.17. The average molecular weight is 234 g/mol. The summed E-state index contributed by atoms with van der Waals surface area (Å²) < 4.78 is 0. The van der Waals surface area contributed by atoms with E-state index < -0.39 is 0 Å². The molecule has 0 bridgehead atoms. The highest BCUT2D eigenvalue weighted by molar-refractivity contribution is 5.47. The Balaban J connectivity index is 2.67. The van der Waals surface area contributed by atoms with Gasteiger partial charge in [0.25, 0.3) is 0 Å². The van der Waals surface area contributed by atoms with Crippen LogP contribution in [0, 0.1) is 5.92 Å². The fourth-order valence-electron chi connectivity index (χ4n) is 2.06. The highest BCUT2D eigenvalue weighted by Gasteiger charge is 2.14. The molecule has 0 aliphatic carbocycles. The van der Waals surface area contributed by atoms with Gasteiger partial charge in [0.2, 0.25) is 0 Å². The third kappa shape index (κ3) is 5.22. The SMILES string of the molecule is CC(C)Cc1ccc(N(C)CC(C)(C)N)cc1. The summed E-state index contributed by atoms with van der Waals surface area (Å²) in [5.74, 6) is 0.710. The molecule has 2 N–H and O–H groups in total. The van der Waals surface area contributed by atoms with Gasteiger partial charge < -0.3 is 10.6 Å². The Labute approximate surface area is 106 Å². The van der Waals surface area contributed by atoms with Crippen LogP contribution in [-0.2, 0) is 6.42 Å². The molecule has 0 saturated heterocycles. The van der Waals surface area contributed by atoms with Gasteiger partial charge in [-0.2, -0.15) is 0 Å². The molecule has 0 atom stereocenters. The van der Waals surface area contributed by atoms with Gasteiger partial charge in [-0.1, -0.05) is 26.0 Å². The van der Waals surface area contributed by atoms with Crippen LogP contribution in [0.2, 0.25) is 0 Å². The molecule has 1 aromatic rings. The average Bonchev–Trinajstić information content (AvgIpc) is 2.15. The van der Waals surface area contributed by atoms with Crippen LogP contribution in [0.5, 0.6) is 0 Å². The summed E-state index contributed by atoms with van der Waals surface area (Å²) in [6, 6.07) is 8.80. The van der Waals surface area contributed by atoms with Crippen molar-refractivity contribution in [3.8, 4) is 0 Å². The Morgan fingerprint density at radius 3 is 2.12 bits per heavy atom. The van der Waals surface area contributed by atoms with Gasteiger partial charge >= 0.3 is 0 Å². The Bertz CT molecular complexity index is 333. The van der Waals surface area contributed by atoms with Crippen molar-refractivity contribution in [1.82, 2.24) is 0 Å².